The lowest BCUT2D eigenvalue weighted by Gasteiger charge is -2.04. The van der Waals surface area contributed by atoms with Gasteiger partial charge in [-0.2, -0.15) is 0 Å². The van der Waals surface area contributed by atoms with Gasteiger partial charge in [0.2, 0.25) is 0 Å². The molecule has 1 aliphatic rings. The summed E-state index contributed by atoms with van der Waals surface area (Å²) in [5, 5.41) is 12.9. The first-order valence-electron chi connectivity index (χ1n) is 5.79. The van der Waals surface area contributed by atoms with E-state index >= 15 is 0 Å². The van der Waals surface area contributed by atoms with Crippen LogP contribution in [0.2, 0.25) is 0 Å². The Hall–Kier alpha value is -1.37. The predicted molar refractivity (Wildman–Crippen MR) is 63.6 cm³/mol. The number of aryl methyl sites for hydroxylation is 1. The second kappa shape index (κ2) is 4.48. The minimum Gasteiger partial charge on any atom is -0.326 e. The lowest BCUT2D eigenvalue weighted by Crippen LogP contribution is -2.03. The molecule has 0 spiro atoms. The number of tetrazole rings is 1. The van der Waals surface area contributed by atoms with Gasteiger partial charge in [0.1, 0.15) is 0 Å². The highest BCUT2D eigenvalue weighted by Gasteiger charge is 2.27. The smallest absolute Gasteiger partial charge is 0.168 e. The third-order valence-electron chi connectivity index (χ3n) is 2.80. The van der Waals surface area contributed by atoms with Crippen LogP contribution in [0.4, 0.5) is 0 Å². The Balaban J connectivity index is 1.69. The summed E-state index contributed by atoms with van der Waals surface area (Å²) < 4.78 is 4.07. The van der Waals surface area contributed by atoms with Crippen LogP contribution in [0.1, 0.15) is 31.6 Å². The zero-order chi connectivity index (χ0) is 11.7. The van der Waals surface area contributed by atoms with E-state index in [1.807, 2.05) is 17.1 Å². The highest BCUT2D eigenvalue weighted by Crippen LogP contribution is 2.35. The van der Waals surface area contributed by atoms with Crippen molar-refractivity contribution in [1.29, 1.82) is 0 Å². The SMILES string of the molecule is CCn1ccnc1SCc1nnnn1C1CC1. The second-order valence-corrected chi connectivity index (χ2v) is 5.00. The molecule has 0 unspecified atom stereocenters. The molecule has 2 heterocycles. The van der Waals surface area contributed by atoms with Crippen LogP contribution in [0.25, 0.3) is 0 Å². The molecule has 2 aromatic rings. The summed E-state index contributed by atoms with van der Waals surface area (Å²) >= 11 is 1.68. The van der Waals surface area contributed by atoms with Gasteiger partial charge in [-0.05, 0) is 30.2 Å². The van der Waals surface area contributed by atoms with Crippen LogP contribution in [0.5, 0.6) is 0 Å². The summed E-state index contributed by atoms with van der Waals surface area (Å²) in [5.74, 6) is 1.73. The highest BCUT2D eigenvalue weighted by molar-refractivity contribution is 7.98. The van der Waals surface area contributed by atoms with E-state index in [1.165, 1.54) is 12.8 Å². The molecule has 6 nitrogen and oxygen atoms in total. The van der Waals surface area contributed by atoms with Crippen LogP contribution in [0.3, 0.4) is 0 Å². The summed E-state index contributed by atoms with van der Waals surface area (Å²) in [7, 11) is 0. The largest absolute Gasteiger partial charge is 0.326 e. The van der Waals surface area contributed by atoms with Gasteiger partial charge in [0.05, 0.1) is 11.8 Å². The number of hydrogen-bond donors (Lipinski definition) is 0. The van der Waals surface area contributed by atoms with Crippen LogP contribution in [-0.4, -0.2) is 29.8 Å². The average molecular weight is 250 g/mol. The molecule has 7 heteroatoms. The van der Waals surface area contributed by atoms with Crippen molar-refractivity contribution in [3.63, 3.8) is 0 Å². The topological polar surface area (TPSA) is 61.4 Å². The van der Waals surface area contributed by atoms with Crippen molar-refractivity contribution < 1.29 is 0 Å². The van der Waals surface area contributed by atoms with E-state index < -0.39 is 0 Å². The fourth-order valence-corrected chi connectivity index (χ4v) is 2.65. The fourth-order valence-electron chi connectivity index (χ4n) is 1.72. The molecule has 0 amide bonds. The van der Waals surface area contributed by atoms with E-state index in [9.17, 15) is 0 Å². The Morgan fingerprint density at radius 1 is 1.47 bits per heavy atom. The van der Waals surface area contributed by atoms with E-state index in [0.29, 0.717) is 6.04 Å². The zero-order valence-electron chi connectivity index (χ0n) is 9.65. The zero-order valence-corrected chi connectivity index (χ0v) is 10.5. The first-order valence-corrected chi connectivity index (χ1v) is 6.77. The van der Waals surface area contributed by atoms with Crippen molar-refractivity contribution in [2.45, 2.75) is 43.3 Å². The number of imidazole rings is 1. The van der Waals surface area contributed by atoms with E-state index in [0.717, 1.165) is 23.3 Å². The lowest BCUT2D eigenvalue weighted by atomic mass is 10.6. The normalized spacial score (nSPS) is 15.4. The quantitative estimate of drug-likeness (QED) is 0.753. The van der Waals surface area contributed by atoms with E-state index in [4.69, 9.17) is 0 Å². The number of aromatic nitrogens is 6. The number of nitrogens with zero attached hydrogens (tertiary/aromatic N) is 6. The van der Waals surface area contributed by atoms with Gasteiger partial charge in [0.15, 0.2) is 11.0 Å². The van der Waals surface area contributed by atoms with Crippen molar-refractivity contribution in [2.75, 3.05) is 0 Å². The summed E-state index contributed by atoms with van der Waals surface area (Å²) in [5.41, 5.74) is 0. The Bertz CT molecular complexity index is 500. The third kappa shape index (κ3) is 2.19. The second-order valence-electron chi connectivity index (χ2n) is 4.06. The Morgan fingerprint density at radius 3 is 3.12 bits per heavy atom. The summed E-state index contributed by atoms with van der Waals surface area (Å²) in [6, 6.07) is 0.534. The molecule has 0 N–H and O–H groups in total. The Kier molecular flexibility index (Phi) is 2.84. The van der Waals surface area contributed by atoms with Crippen LogP contribution < -0.4 is 0 Å². The van der Waals surface area contributed by atoms with Crippen LogP contribution in [-0.2, 0) is 12.3 Å². The summed E-state index contributed by atoms with van der Waals surface area (Å²) in [6.45, 7) is 3.05. The van der Waals surface area contributed by atoms with Crippen molar-refractivity contribution in [3.8, 4) is 0 Å². The van der Waals surface area contributed by atoms with Crippen molar-refractivity contribution in [3.05, 3.63) is 18.2 Å². The van der Waals surface area contributed by atoms with Crippen molar-refractivity contribution in [2.24, 2.45) is 0 Å². The molecule has 0 radical (unpaired) electrons. The number of hydrogen-bond acceptors (Lipinski definition) is 5. The maximum atomic E-state index is 4.32. The van der Waals surface area contributed by atoms with Gasteiger partial charge in [-0.25, -0.2) is 9.67 Å². The minimum absolute atomic E-state index is 0.534. The van der Waals surface area contributed by atoms with Gasteiger partial charge in [-0.15, -0.1) is 5.10 Å². The molecule has 0 atom stereocenters. The molecular formula is C10H14N6S. The average Bonchev–Trinajstić information content (AvgIpc) is 2.93. The molecule has 90 valence electrons. The van der Waals surface area contributed by atoms with Crippen LogP contribution in [0, 0.1) is 0 Å². The summed E-state index contributed by atoms with van der Waals surface area (Å²) in [6.07, 6.45) is 6.22. The maximum Gasteiger partial charge on any atom is 0.168 e. The standard InChI is InChI=1S/C10H14N6S/c1-2-15-6-5-11-10(15)17-7-9-12-13-14-16(9)8-3-4-8/h5-6,8H,2-4,7H2,1H3. The maximum absolute atomic E-state index is 4.32. The fraction of sp³-hybridized carbons (Fsp3) is 0.600. The molecule has 0 aromatic carbocycles. The van der Waals surface area contributed by atoms with Gasteiger partial charge in [0, 0.05) is 18.9 Å². The first-order chi connectivity index (χ1) is 8.38. The van der Waals surface area contributed by atoms with Crippen LogP contribution >= 0.6 is 11.8 Å². The summed E-state index contributed by atoms with van der Waals surface area (Å²) in [4.78, 5) is 4.32. The van der Waals surface area contributed by atoms with E-state index in [2.05, 4.69) is 32.0 Å². The van der Waals surface area contributed by atoms with Gasteiger partial charge in [0.25, 0.3) is 0 Å². The molecule has 0 aliphatic heterocycles. The number of thioether (sulfide) groups is 1. The Labute approximate surface area is 103 Å². The molecule has 17 heavy (non-hydrogen) atoms. The minimum atomic E-state index is 0.534. The van der Waals surface area contributed by atoms with Gasteiger partial charge in [-0.3, -0.25) is 0 Å². The predicted octanol–water partition coefficient (Wildman–Crippen LogP) is 1.52. The lowest BCUT2D eigenvalue weighted by molar-refractivity contribution is 0.593. The van der Waals surface area contributed by atoms with Crippen molar-refractivity contribution >= 4 is 11.8 Å². The first kappa shape index (κ1) is 10.8. The molecule has 3 rings (SSSR count). The molecule has 1 fully saturated rings. The molecule has 2 aromatic heterocycles. The molecule has 1 aliphatic carbocycles. The monoisotopic (exact) mass is 250 g/mol. The van der Waals surface area contributed by atoms with Gasteiger partial charge >= 0.3 is 0 Å². The Morgan fingerprint density at radius 2 is 2.35 bits per heavy atom. The van der Waals surface area contributed by atoms with Gasteiger partial charge < -0.3 is 4.57 Å². The van der Waals surface area contributed by atoms with E-state index in [1.54, 1.807) is 11.8 Å². The highest BCUT2D eigenvalue weighted by atomic mass is 32.2. The molecule has 1 saturated carbocycles. The molecule has 0 saturated heterocycles. The van der Waals surface area contributed by atoms with Crippen LogP contribution in [0.15, 0.2) is 17.6 Å². The number of rotatable bonds is 5. The van der Waals surface area contributed by atoms with Crippen molar-refractivity contribution in [1.82, 2.24) is 29.8 Å². The molecular weight excluding hydrogens is 236 g/mol. The third-order valence-corrected chi connectivity index (χ3v) is 3.80. The van der Waals surface area contributed by atoms with E-state index in [-0.39, 0.29) is 0 Å². The van der Waals surface area contributed by atoms with Gasteiger partial charge in [-0.1, -0.05) is 11.8 Å². The molecule has 0 bridgehead atoms.